The van der Waals surface area contributed by atoms with Crippen LogP contribution in [0.4, 0.5) is 5.69 Å². The van der Waals surface area contributed by atoms with E-state index in [1.54, 1.807) is 19.1 Å². The van der Waals surface area contributed by atoms with Gasteiger partial charge in [0, 0.05) is 30.9 Å². The van der Waals surface area contributed by atoms with Crippen molar-refractivity contribution >= 4 is 11.6 Å². The van der Waals surface area contributed by atoms with Crippen LogP contribution < -0.4 is 16.6 Å². The number of aromatic amines is 1. The van der Waals surface area contributed by atoms with Crippen LogP contribution >= 0.6 is 0 Å². The molecule has 0 unspecified atom stereocenters. The van der Waals surface area contributed by atoms with Crippen LogP contribution in [0.1, 0.15) is 12.0 Å². The van der Waals surface area contributed by atoms with E-state index in [0.717, 1.165) is 5.56 Å². The van der Waals surface area contributed by atoms with E-state index in [2.05, 4.69) is 10.3 Å². The predicted octanol–water partition coefficient (Wildman–Crippen LogP) is 0.579. The minimum atomic E-state index is -0.545. The maximum Gasteiger partial charge on any atom is 0.328 e. The molecule has 7 nitrogen and oxygen atoms in total. The van der Waals surface area contributed by atoms with Crippen LogP contribution in [-0.2, 0) is 11.3 Å². The maximum atomic E-state index is 11.8. The van der Waals surface area contributed by atoms with Crippen molar-refractivity contribution < 1.29 is 9.90 Å². The zero-order valence-corrected chi connectivity index (χ0v) is 11.4. The van der Waals surface area contributed by atoms with Crippen molar-refractivity contribution in [1.82, 2.24) is 9.55 Å². The molecule has 0 spiro atoms. The number of phenols is 1. The van der Waals surface area contributed by atoms with E-state index in [4.69, 9.17) is 0 Å². The highest BCUT2D eigenvalue weighted by atomic mass is 16.3. The molecule has 0 bridgehead atoms. The van der Waals surface area contributed by atoms with Crippen LogP contribution in [0.15, 0.2) is 40.1 Å². The molecule has 1 amide bonds. The fourth-order valence-electron chi connectivity index (χ4n) is 1.84. The SMILES string of the molecule is Cc1cc(O)ccc1NC(=O)CCn1ccc(=O)[nH]c1=O. The number of amides is 1. The van der Waals surface area contributed by atoms with Crippen LogP contribution in [0.5, 0.6) is 5.75 Å². The molecule has 0 saturated carbocycles. The maximum absolute atomic E-state index is 11.8. The van der Waals surface area contributed by atoms with Crippen LogP contribution in [0, 0.1) is 6.92 Å². The third kappa shape index (κ3) is 3.82. The van der Waals surface area contributed by atoms with Gasteiger partial charge in [0.05, 0.1) is 0 Å². The Hall–Kier alpha value is -2.83. The molecule has 1 aromatic heterocycles. The number of carbonyl (C=O) groups is 1. The molecule has 0 aliphatic rings. The Morgan fingerprint density at radius 3 is 2.76 bits per heavy atom. The Bertz CT molecular complexity index is 776. The Balaban J connectivity index is 1.99. The average molecular weight is 289 g/mol. The van der Waals surface area contributed by atoms with E-state index in [0.29, 0.717) is 5.69 Å². The fraction of sp³-hybridized carbons (Fsp3) is 0.214. The second-order valence-corrected chi connectivity index (χ2v) is 4.60. The van der Waals surface area contributed by atoms with Gasteiger partial charge < -0.3 is 15.0 Å². The lowest BCUT2D eigenvalue weighted by molar-refractivity contribution is -0.116. The summed E-state index contributed by atoms with van der Waals surface area (Å²) in [6, 6.07) is 5.86. The molecule has 7 heteroatoms. The van der Waals surface area contributed by atoms with Gasteiger partial charge in [-0.25, -0.2) is 4.79 Å². The number of aromatic hydroxyl groups is 1. The van der Waals surface area contributed by atoms with Crippen LogP contribution in [0.25, 0.3) is 0 Å². The number of carbonyl (C=O) groups excluding carboxylic acids is 1. The minimum Gasteiger partial charge on any atom is -0.508 e. The number of aryl methyl sites for hydroxylation is 2. The lowest BCUT2D eigenvalue weighted by atomic mass is 10.2. The van der Waals surface area contributed by atoms with Gasteiger partial charge >= 0.3 is 5.69 Å². The van der Waals surface area contributed by atoms with Crippen molar-refractivity contribution in [2.75, 3.05) is 5.32 Å². The molecule has 2 rings (SSSR count). The van der Waals surface area contributed by atoms with E-state index < -0.39 is 11.2 Å². The number of hydrogen-bond donors (Lipinski definition) is 3. The van der Waals surface area contributed by atoms with Crippen molar-refractivity contribution in [1.29, 1.82) is 0 Å². The number of hydrogen-bond acceptors (Lipinski definition) is 4. The first-order chi connectivity index (χ1) is 9.95. The van der Waals surface area contributed by atoms with Gasteiger partial charge in [0.25, 0.3) is 5.56 Å². The average Bonchev–Trinajstić information content (AvgIpc) is 2.41. The highest BCUT2D eigenvalue weighted by Crippen LogP contribution is 2.20. The zero-order chi connectivity index (χ0) is 15.4. The van der Waals surface area contributed by atoms with Crippen molar-refractivity contribution in [3.05, 3.63) is 56.9 Å². The molecule has 21 heavy (non-hydrogen) atoms. The number of H-pyrrole nitrogens is 1. The van der Waals surface area contributed by atoms with Gasteiger partial charge in [0.2, 0.25) is 5.91 Å². The molecule has 1 aromatic carbocycles. The molecule has 110 valence electrons. The molecule has 0 aliphatic heterocycles. The lowest BCUT2D eigenvalue weighted by Gasteiger charge is -2.09. The minimum absolute atomic E-state index is 0.0896. The normalized spacial score (nSPS) is 10.3. The van der Waals surface area contributed by atoms with Crippen LogP contribution in [-0.4, -0.2) is 20.6 Å². The Morgan fingerprint density at radius 2 is 2.10 bits per heavy atom. The summed E-state index contributed by atoms with van der Waals surface area (Å²) >= 11 is 0. The summed E-state index contributed by atoms with van der Waals surface area (Å²) in [7, 11) is 0. The first-order valence-electron chi connectivity index (χ1n) is 6.35. The topological polar surface area (TPSA) is 104 Å². The van der Waals surface area contributed by atoms with Crippen molar-refractivity contribution in [3.63, 3.8) is 0 Å². The largest absolute Gasteiger partial charge is 0.508 e. The van der Waals surface area contributed by atoms with Gasteiger partial charge in [-0.05, 0) is 30.7 Å². The summed E-state index contributed by atoms with van der Waals surface area (Å²) < 4.78 is 1.25. The smallest absolute Gasteiger partial charge is 0.328 e. The number of aromatic nitrogens is 2. The molecular formula is C14H15N3O4. The first-order valence-corrected chi connectivity index (χ1v) is 6.35. The summed E-state index contributed by atoms with van der Waals surface area (Å²) in [6.45, 7) is 1.93. The summed E-state index contributed by atoms with van der Waals surface area (Å²) in [4.78, 5) is 36.3. The molecule has 0 saturated heterocycles. The monoisotopic (exact) mass is 289 g/mol. The molecule has 0 fully saturated rings. The number of phenolic OH excluding ortho intramolecular Hbond substituents is 1. The Kier molecular flexibility index (Phi) is 4.22. The summed E-state index contributed by atoms with van der Waals surface area (Å²) in [5, 5.41) is 12.0. The molecular weight excluding hydrogens is 274 g/mol. The number of benzene rings is 1. The Labute approximate surface area is 119 Å². The van der Waals surface area contributed by atoms with Crippen LogP contribution in [0.2, 0.25) is 0 Å². The third-order valence-corrected chi connectivity index (χ3v) is 2.96. The van der Waals surface area contributed by atoms with E-state index >= 15 is 0 Å². The molecule has 3 N–H and O–H groups in total. The van der Waals surface area contributed by atoms with Gasteiger partial charge in [-0.3, -0.25) is 14.6 Å². The number of rotatable bonds is 4. The second-order valence-electron chi connectivity index (χ2n) is 4.60. The number of nitrogens with zero attached hydrogens (tertiary/aromatic N) is 1. The van der Waals surface area contributed by atoms with Gasteiger partial charge in [-0.15, -0.1) is 0 Å². The lowest BCUT2D eigenvalue weighted by Crippen LogP contribution is -2.29. The summed E-state index contributed by atoms with van der Waals surface area (Å²) in [5.41, 5.74) is 0.327. The summed E-state index contributed by atoms with van der Waals surface area (Å²) in [6.07, 6.45) is 1.44. The number of nitrogens with one attached hydrogen (secondary N) is 2. The molecule has 1 heterocycles. The molecule has 0 radical (unpaired) electrons. The summed E-state index contributed by atoms with van der Waals surface area (Å²) in [5.74, 6) is -0.132. The molecule has 0 atom stereocenters. The van der Waals surface area contributed by atoms with E-state index in [9.17, 15) is 19.5 Å². The fourth-order valence-corrected chi connectivity index (χ4v) is 1.84. The highest BCUT2D eigenvalue weighted by Gasteiger charge is 2.06. The van der Waals surface area contributed by atoms with Gasteiger partial charge in [0.1, 0.15) is 5.75 Å². The standard InChI is InChI=1S/C14H15N3O4/c1-9-8-10(18)2-3-11(9)15-12(19)4-6-17-7-5-13(20)16-14(17)21/h2-3,5,7-8,18H,4,6H2,1H3,(H,15,19)(H,16,20,21). The van der Waals surface area contributed by atoms with E-state index in [-0.39, 0.29) is 24.6 Å². The molecule has 2 aromatic rings. The van der Waals surface area contributed by atoms with Gasteiger partial charge in [0.15, 0.2) is 0 Å². The van der Waals surface area contributed by atoms with E-state index in [1.165, 1.54) is 22.9 Å². The zero-order valence-electron chi connectivity index (χ0n) is 11.4. The third-order valence-electron chi connectivity index (χ3n) is 2.96. The van der Waals surface area contributed by atoms with Gasteiger partial charge in [-0.2, -0.15) is 0 Å². The van der Waals surface area contributed by atoms with Crippen molar-refractivity contribution in [2.45, 2.75) is 19.9 Å². The first kappa shape index (κ1) is 14.6. The molecule has 0 aliphatic carbocycles. The highest BCUT2D eigenvalue weighted by molar-refractivity contribution is 5.91. The number of anilines is 1. The van der Waals surface area contributed by atoms with E-state index in [1.807, 2.05) is 0 Å². The van der Waals surface area contributed by atoms with Crippen molar-refractivity contribution in [3.8, 4) is 5.75 Å². The quantitative estimate of drug-likeness (QED) is 0.716. The Morgan fingerprint density at radius 1 is 1.33 bits per heavy atom. The predicted molar refractivity (Wildman–Crippen MR) is 77.4 cm³/mol. The second kappa shape index (κ2) is 6.08. The van der Waals surface area contributed by atoms with Crippen LogP contribution in [0.3, 0.4) is 0 Å². The van der Waals surface area contributed by atoms with Gasteiger partial charge in [-0.1, -0.05) is 0 Å². The van der Waals surface area contributed by atoms with Crippen molar-refractivity contribution in [2.24, 2.45) is 0 Å².